The first-order valence-electron chi connectivity index (χ1n) is 8.12. The summed E-state index contributed by atoms with van der Waals surface area (Å²) in [7, 11) is 2.07. The van der Waals surface area contributed by atoms with Gasteiger partial charge in [0, 0.05) is 41.1 Å². The van der Waals surface area contributed by atoms with Crippen molar-refractivity contribution in [2.24, 2.45) is 7.05 Å². The van der Waals surface area contributed by atoms with Gasteiger partial charge in [0.1, 0.15) is 18.9 Å². The number of nitrogens with zero attached hydrogens (tertiary/aromatic N) is 1. The maximum absolute atomic E-state index is 3.61. The summed E-state index contributed by atoms with van der Waals surface area (Å²) in [5, 5.41) is 2.52. The van der Waals surface area contributed by atoms with Gasteiger partial charge < -0.3 is 0 Å². The van der Waals surface area contributed by atoms with Crippen molar-refractivity contribution in [2.75, 3.05) is 0 Å². The maximum atomic E-state index is 3.61. The second kappa shape index (κ2) is 8.75. The van der Waals surface area contributed by atoms with E-state index in [9.17, 15) is 0 Å². The molecule has 1 heterocycles. The number of aromatic nitrogens is 1. The number of pyridine rings is 1. The molecule has 4 aromatic rings. The Bertz CT molecular complexity index is 1030. The van der Waals surface area contributed by atoms with Crippen molar-refractivity contribution < 1.29 is 37.3 Å². The van der Waals surface area contributed by atoms with Crippen LogP contribution in [0.4, 0.5) is 0 Å². The van der Waals surface area contributed by atoms with Gasteiger partial charge in [0.2, 0.25) is 0 Å². The van der Waals surface area contributed by atoms with Crippen LogP contribution in [-0.2, 0) is 39.8 Å². The molecule has 0 atom stereocenters. The van der Waals surface area contributed by atoms with E-state index in [1.807, 2.05) is 18.2 Å². The third-order valence-corrected chi connectivity index (χ3v) is 4.44. The van der Waals surface area contributed by atoms with Crippen LogP contribution in [0.1, 0.15) is 5.56 Å². The van der Waals surface area contributed by atoms with Gasteiger partial charge in [-0.3, -0.25) is 0 Å². The first-order chi connectivity index (χ1) is 11.7. The first kappa shape index (κ1) is 20.5. The van der Waals surface area contributed by atoms with Gasteiger partial charge >= 0.3 is 0 Å². The summed E-state index contributed by atoms with van der Waals surface area (Å²) in [5.74, 6) is 0. The van der Waals surface area contributed by atoms with Gasteiger partial charge in [-0.05, 0) is 23.3 Å². The Morgan fingerprint density at radius 1 is 0.846 bits per heavy atom. The molecule has 0 fully saturated rings. The number of hydrogen-bond donors (Lipinski definition) is 0. The Morgan fingerprint density at radius 3 is 2.38 bits per heavy atom. The minimum atomic E-state index is 0. The van der Waals surface area contributed by atoms with E-state index in [0.717, 1.165) is 16.8 Å². The van der Waals surface area contributed by atoms with Crippen LogP contribution in [0, 0.1) is 19.1 Å². The Morgan fingerprint density at radius 2 is 1.62 bits per heavy atom. The summed E-state index contributed by atoms with van der Waals surface area (Å²) in [6, 6.07) is 29.9. The zero-order valence-electron chi connectivity index (χ0n) is 15.0. The molecule has 0 bridgehead atoms. The van der Waals surface area contributed by atoms with Crippen LogP contribution in [0.2, 0.25) is 0 Å². The Labute approximate surface area is 182 Å². The Hall–Kier alpha value is -1.76. The minimum absolute atomic E-state index is 0. The summed E-state index contributed by atoms with van der Waals surface area (Å²) in [6.07, 6.45) is 2.10. The van der Waals surface area contributed by atoms with Crippen LogP contribution in [0.3, 0.4) is 0 Å². The van der Waals surface area contributed by atoms with Gasteiger partial charge in [-0.2, -0.15) is 24.3 Å². The maximum Gasteiger partial charge on any atom is 0.136 e. The molecule has 3 heteroatoms. The van der Waals surface area contributed by atoms with Crippen LogP contribution in [-0.4, -0.2) is 8.41 Å². The average molecular weight is 408 g/mol. The van der Waals surface area contributed by atoms with Crippen LogP contribution in [0.25, 0.3) is 33.2 Å². The number of aryl methyl sites for hydroxylation is 2. The van der Waals surface area contributed by atoms with E-state index in [1.165, 1.54) is 21.9 Å². The van der Waals surface area contributed by atoms with Crippen LogP contribution >= 0.6 is 0 Å². The molecule has 26 heavy (non-hydrogen) atoms. The molecule has 1 aromatic heterocycles. The fourth-order valence-electron chi connectivity index (χ4n) is 3.17. The van der Waals surface area contributed by atoms with Crippen molar-refractivity contribution >= 4 is 19.2 Å². The predicted molar refractivity (Wildman–Crippen MR) is 104 cm³/mol. The van der Waals surface area contributed by atoms with Crippen LogP contribution < -0.4 is 4.57 Å². The Kier molecular flexibility index (Phi) is 6.92. The molecule has 0 saturated heterocycles. The van der Waals surface area contributed by atoms with E-state index >= 15 is 0 Å². The van der Waals surface area contributed by atoms with E-state index in [-0.39, 0.29) is 41.1 Å². The van der Waals surface area contributed by atoms with Gasteiger partial charge in [-0.15, -0.1) is 18.2 Å². The van der Waals surface area contributed by atoms with Crippen LogP contribution in [0.15, 0.2) is 72.9 Å². The number of benzene rings is 3. The summed E-state index contributed by atoms with van der Waals surface area (Å²) in [6.45, 7) is 2.16. The molecule has 4 radical (unpaired) electrons. The molecule has 3 aromatic carbocycles. The molecule has 122 valence electrons. The topological polar surface area (TPSA) is 3.88 Å². The molecule has 4 rings (SSSR count). The fourth-order valence-corrected chi connectivity index (χ4v) is 3.17. The van der Waals surface area contributed by atoms with Gasteiger partial charge in [0.15, 0.2) is 0 Å². The van der Waals surface area contributed by atoms with E-state index in [1.54, 1.807) is 0 Å². The monoisotopic (exact) mass is 408 g/mol. The van der Waals surface area contributed by atoms with Crippen molar-refractivity contribution in [1.82, 2.24) is 0 Å². The standard InChI is InChI=1S/C23H18N.B.Y/c1-17-12-13-19-10-6-7-11-21(19)23(17)22-16-20(14-15-24(22)2)18-8-4-3-5-9-18;;/h3-8,10-15H,1-2H3;;/q-1;;. The molecule has 0 aliphatic carbocycles. The summed E-state index contributed by atoms with van der Waals surface area (Å²) >= 11 is 0. The molecule has 0 saturated carbocycles. The van der Waals surface area contributed by atoms with Gasteiger partial charge in [0.05, 0.1) is 0 Å². The second-order valence-electron chi connectivity index (χ2n) is 6.07. The second-order valence-corrected chi connectivity index (χ2v) is 6.07. The molecule has 0 spiro atoms. The predicted octanol–water partition coefficient (Wildman–Crippen LogP) is 4.52. The molecule has 1 nitrogen and oxygen atoms in total. The average Bonchev–Trinajstić information content (AvgIpc) is 2.63. The number of fused-ring (bicyclic) bond motifs is 1. The SMILES string of the molecule is Cc1ccc2ccccc2c1-c1[c-]c(-c2[c-]cccc2)cc[n+]1C.[B].[Y]. The fraction of sp³-hybridized carbons (Fsp3) is 0.0870. The van der Waals surface area contributed by atoms with Crippen molar-refractivity contribution in [3.63, 3.8) is 0 Å². The molecule has 0 amide bonds. The Balaban J connectivity index is 0.00000121. The van der Waals surface area contributed by atoms with E-state index in [2.05, 4.69) is 85.4 Å². The van der Waals surface area contributed by atoms with Gasteiger partial charge in [0.25, 0.3) is 0 Å². The van der Waals surface area contributed by atoms with Gasteiger partial charge in [-0.1, -0.05) is 42.0 Å². The van der Waals surface area contributed by atoms with Crippen molar-refractivity contribution in [1.29, 1.82) is 0 Å². The van der Waals surface area contributed by atoms with Crippen LogP contribution in [0.5, 0.6) is 0 Å². The zero-order chi connectivity index (χ0) is 16.5. The quantitative estimate of drug-likeness (QED) is 0.261. The molecular formula is C23H18BNY-. The van der Waals surface area contributed by atoms with E-state index in [0.29, 0.717) is 0 Å². The van der Waals surface area contributed by atoms with E-state index in [4.69, 9.17) is 0 Å². The van der Waals surface area contributed by atoms with Gasteiger partial charge in [-0.25, -0.2) is 15.7 Å². The molecule has 0 aliphatic rings. The molecular weight excluding hydrogens is 390 g/mol. The van der Waals surface area contributed by atoms with Crippen molar-refractivity contribution in [3.05, 3.63) is 90.6 Å². The summed E-state index contributed by atoms with van der Waals surface area (Å²) in [5.41, 5.74) is 5.73. The number of hydrogen-bond acceptors (Lipinski definition) is 0. The first-order valence-corrected chi connectivity index (χ1v) is 8.12. The molecule has 0 N–H and O–H groups in total. The zero-order valence-corrected chi connectivity index (χ0v) is 17.9. The summed E-state index contributed by atoms with van der Waals surface area (Å²) in [4.78, 5) is 0. The third-order valence-electron chi connectivity index (χ3n) is 4.44. The minimum Gasteiger partial charge on any atom is -0.227 e. The van der Waals surface area contributed by atoms with Crippen molar-refractivity contribution in [3.8, 4) is 22.4 Å². The smallest absolute Gasteiger partial charge is 0.136 e. The molecule has 0 unspecified atom stereocenters. The number of rotatable bonds is 2. The van der Waals surface area contributed by atoms with Crippen molar-refractivity contribution in [2.45, 2.75) is 6.92 Å². The van der Waals surface area contributed by atoms with E-state index < -0.39 is 0 Å². The summed E-state index contributed by atoms with van der Waals surface area (Å²) < 4.78 is 2.14. The molecule has 0 aliphatic heterocycles. The largest absolute Gasteiger partial charge is 0.227 e. The third kappa shape index (κ3) is 3.82. The normalized spacial score (nSPS) is 10.1.